The van der Waals surface area contributed by atoms with Gasteiger partial charge < -0.3 is 25.4 Å². The quantitative estimate of drug-likeness (QED) is 0.526. The highest BCUT2D eigenvalue weighted by atomic mass is 35.5. The topological polar surface area (TPSA) is 76.8 Å². The molecule has 0 bridgehead atoms. The molecule has 0 radical (unpaired) electrons. The van der Waals surface area contributed by atoms with E-state index in [-0.39, 0.29) is 5.91 Å². The highest BCUT2D eigenvalue weighted by molar-refractivity contribution is 6.33. The molecular weight excluding hydrogens is 352 g/mol. The molecule has 0 aromatic heterocycles. The molecule has 2 rings (SSSR count). The fourth-order valence-corrected chi connectivity index (χ4v) is 3.44. The van der Waals surface area contributed by atoms with Crippen molar-refractivity contribution >= 4 is 31.0 Å². The van der Waals surface area contributed by atoms with Crippen molar-refractivity contribution in [3.05, 3.63) is 22.7 Å². The minimum Gasteiger partial charge on any atom is -0.496 e. The first-order valence-corrected chi connectivity index (χ1v) is 9.52. The van der Waals surface area contributed by atoms with Gasteiger partial charge in [-0.1, -0.05) is 17.9 Å². The summed E-state index contributed by atoms with van der Waals surface area (Å²) in [5.41, 5.74) is 6.58. The minimum atomic E-state index is -0.184. The Morgan fingerprint density at radius 1 is 1.42 bits per heavy atom. The molecule has 1 aromatic rings. The third-order valence-electron chi connectivity index (χ3n) is 5.07. The van der Waals surface area contributed by atoms with Gasteiger partial charge in [-0.05, 0) is 37.9 Å². The number of nitrogens with two attached hydrogens (primary N) is 1. The van der Waals surface area contributed by atoms with Gasteiger partial charge in [0.25, 0.3) is 5.91 Å². The molecule has 1 unspecified atom stereocenters. The SMILES string of the molecule is BCC(CN1CCC(CNC(=O)c2cc(Cl)c(N)cc2OC)CC1)OC. The van der Waals surface area contributed by atoms with E-state index in [1.165, 1.54) is 7.11 Å². The maximum Gasteiger partial charge on any atom is 0.255 e. The Kier molecular flexibility index (Phi) is 8.06. The van der Waals surface area contributed by atoms with Gasteiger partial charge in [-0.3, -0.25) is 4.79 Å². The maximum atomic E-state index is 12.5. The molecule has 0 spiro atoms. The van der Waals surface area contributed by atoms with E-state index in [4.69, 9.17) is 26.8 Å². The summed E-state index contributed by atoms with van der Waals surface area (Å²) in [5, 5.41) is 3.36. The van der Waals surface area contributed by atoms with Crippen molar-refractivity contribution < 1.29 is 14.3 Å². The predicted molar refractivity (Wildman–Crippen MR) is 108 cm³/mol. The molecule has 1 aliphatic rings. The molecule has 3 N–H and O–H groups in total. The molecule has 6 nitrogen and oxygen atoms in total. The first-order valence-electron chi connectivity index (χ1n) is 9.14. The summed E-state index contributed by atoms with van der Waals surface area (Å²) in [6, 6.07) is 3.14. The zero-order valence-corrected chi connectivity index (χ0v) is 16.6. The van der Waals surface area contributed by atoms with Gasteiger partial charge in [-0.25, -0.2) is 0 Å². The van der Waals surface area contributed by atoms with Gasteiger partial charge in [0.2, 0.25) is 0 Å². The van der Waals surface area contributed by atoms with Crippen LogP contribution in [-0.2, 0) is 4.74 Å². The molecule has 1 heterocycles. The average Bonchev–Trinajstić information content (AvgIpc) is 2.66. The van der Waals surface area contributed by atoms with Crippen molar-refractivity contribution in [2.45, 2.75) is 25.3 Å². The van der Waals surface area contributed by atoms with Gasteiger partial charge in [-0.15, -0.1) is 0 Å². The summed E-state index contributed by atoms with van der Waals surface area (Å²) in [5.74, 6) is 0.731. The van der Waals surface area contributed by atoms with E-state index >= 15 is 0 Å². The first-order chi connectivity index (χ1) is 12.5. The monoisotopic (exact) mass is 381 g/mol. The van der Waals surface area contributed by atoms with Crippen LogP contribution in [0.2, 0.25) is 11.3 Å². The van der Waals surface area contributed by atoms with Crippen LogP contribution >= 0.6 is 11.6 Å². The van der Waals surface area contributed by atoms with Gasteiger partial charge >= 0.3 is 0 Å². The number of benzene rings is 1. The molecule has 144 valence electrons. The summed E-state index contributed by atoms with van der Waals surface area (Å²) >= 11 is 6.04. The van der Waals surface area contributed by atoms with Crippen molar-refractivity contribution in [2.24, 2.45) is 5.92 Å². The van der Waals surface area contributed by atoms with Crippen LogP contribution in [0, 0.1) is 5.92 Å². The molecular formula is C18H29BClN3O3. The smallest absolute Gasteiger partial charge is 0.255 e. The second-order valence-electron chi connectivity index (χ2n) is 6.79. The third-order valence-corrected chi connectivity index (χ3v) is 5.40. The second-order valence-corrected chi connectivity index (χ2v) is 7.20. The van der Waals surface area contributed by atoms with Crippen molar-refractivity contribution in [3.63, 3.8) is 0 Å². The summed E-state index contributed by atoms with van der Waals surface area (Å²) in [6.07, 6.45) is 3.47. The van der Waals surface area contributed by atoms with Crippen LogP contribution in [0.25, 0.3) is 0 Å². The van der Waals surface area contributed by atoms with Crippen LogP contribution in [-0.4, -0.2) is 65.2 Å². The largest absolute Gasteiger partial charge is 0.496 e. The summed E-state index contributed by atoms with van der Waals surface area (Å²) < 4.78 is 10.7. The molecule has 26 heavy (non-hydrogen) atoms. The maximum absolute atomic E-state index is 12.5. The van der Waals surface area contributed by atoms with Crippen LogP contribution in [0.3, 0.4) is 0 Å². The Morgan fingerprint density at radius 3 is 2.69 bits per heavy atom. The second kappa shape index (κ2) is 10.0. The normalized spacial score (nSPS) is 17.0. The molecule has 1 fully saturated rings. The van der Waals surface area contributed by atoms with Crippen molar-refractivity contribution in [3.8, 4) is 5.75 Å². The number of carbonyl (C=O) groups is 1. The lowest BCUT2D eigenvalue weighted by atomic mass is 9.94. The number of likely N-dealkylation sites (tertiary alicyclic amines) is 1. The minimum absolute atomic E-state index is 0.184. The number of nitrogens with zero attached hydrogens (tertiary/aromatic N) is 1. The standard InChI is InChI=1S/C18H29BClN3O3/c1-25-13(9-19)11-23-5-3-12(4-6-23)10-22-18(24)14-7-15(20)16(21)8-17(14)26-2/h7-8,12-13H,3-6,9-11,19,21H2,1-2H3,(H,22,24). The highest BCUT2D eigenvalue weighted by Crippen LogP contribution is 2.29. The fraction of sp³-hybridized carbons (Fsp3) is 0.611. The van der Waals surface area contributed by atoms with Crippen LogP contribution < -0.4 is 15.8 Å². The molecule has 1 aromatic carbocycles. The number of carbonyl (C=O) groups excluding carboxylic acids is 1. The summed E-state index contributed by atoms with van der Waals surface area (Å²) in [6.45, 7) is 3.71. The van der Waals surface area contributed by atoms with Crippen LogP contribution in [0.5, 0.6) is 5.75 Å². The van der Waals surface area contributed by atoms with Crippen molar-refractivity contribution in [2.75, 3.05) is 46.1 Å². The Morgan fingerprint density at radius 2 is 2.12 bits per heavy atom. The molecule has 0 aliphatic carbocycles. The number of anilines is 1. The summed E-state index contributed by atoms with van der Waals surface area (Å²) in [7, 11) is 5.43. The number of halogens is 1. The van der Waals surface area contributed by atoms with Gasteiger partial charge in [0.05, 0.1) is 29.5 Å². The number of ether oxygens (including phenoxy) is 2. The van der Waals surface area contributed by atoms with E-state index in [2.05, 4.69) is 18.1 Å². The van der Waals surface area contributed by atoms with E-state index in [1.54, 1.807) is 19.2 Å². The van der Waals surface area contributed by atoms with Gasteiger partial charge in [0, 0.05) is 26.3 Å². The Bertz CT molecular complexity index is 606. The lowest BCUT2D eigenvalue weighted by Gasteiger charge is -2.33. The van der Waals surface area contributed by atoms with Gasteiger partial charge in [-0.2, -0.15) is 0 Å². The van der Waals surface area contributed by atoms with Crippen LogP contribution in [0.1, 0.15) is 23.2 Å². The zero-order valence-electron chi connectivity index (χ0n) is 15.9. The van der Waals surface area contributed by atoms with E-state index in [0.717, 1.165) is 38.8 Å². The number of nitrogen functional groups attached to an aromatic ring is 1. The molecule has 1 aliphatic heterocycles. The van der Waals surface area contributed by atoms with Crippen molar-refractivity contribution in [1.82, 2.24) is 10.2 Å². The average molecular weight is 382 g/mol. The molecule has 1 amide bonds. The lowest BCUT2D eigenvalue weighted by Crippen LogP contribution is -2.42. The van der Waals surface area contributed by atoms with Crippen molar-refractivity contribution in [1.29, 1.82) is 0 Å². The molecule has 8 heteroatoms. The number of hydrogen-bond donors (Lipinski definition) is 2. The molecule has 0 saturated carbocycles. The number of hydrogen-bond acceptors (Lipinski definition) is 5. The number of nitrogens with one attached hydrogen (secondary N) is 1. The lowest BCUT2D eigenvalue weighted by molar-refractivity contribution is 0.0625. The first kappa shape index (κ1) is 20.9. The van der Waals surface area contributed by atoms with E-state index in [9.17, 15) is 4.79 Å². The van der Waals surface area contributed by atoms with Gasteiger partial charge in [0.1, 0.15) is 13.6 Å². The Labute approximate surface area is 161 Å². The van der Waals surface area contributed by atoms with Gasteiger partial charge in [0.15, 0.2) is 0 Å². The molecule has 1 saturated heterocycles. The van der Waals surface area contributed by atoms with Crippen LogP contribution in [0.15, 0.2) is 12.1 Å². The predicted octanol–water partition coefficient (Wildman–Crippen LogP) is 1.44. The number of piperidine rings is 1. The Balaban J connectivity index is 1.83. The summed E-state index contributed by atoms with van der Waals surface area (Å²) in [4.78, 5) is 14.9. The van der Waals surface area contributed by atoms with Crippen LogP contribution in [0.4, 0.5) is 5.69 Å². The number of rotatable bonds is 8. The third kappa shape index (κ3) is 5.53. The molecule has 1 atom stereocenters. The number of amides is 1. The fourth-order valence-electron chi connectivity index (χ4n) is 3.28. The zero-order chi connectivity index (χ0) is 19.1. The number of methoxy groups -OCH3 is 2. The Hall–Kier alpha value is -1.44. The highest BCUT2D eigenvalue weighted by Gasteiger charge is 2.22. The van der Waals surface area contributed by atoms with E-state index in [1.807, 2.05) is 0 Å². The van der Waals surface area contributed by atoms with E-state index in [0.29, 0.717) is 40.6 Å². The van der Waals surface area contributed by atoms with E-state index < -0.39 is 0 Å².